The molecule has 0 unspecified atom stereocenters. The van der Waals surface area contributed by atoms with Crippen LogP contribution in [0, 0.1) is 0 Å². The van der Waals surface area contributed by atoms with Gasteiger partial charge in [-0.15, -0.1) is 0 Å². The average molecular weight is 228 g/mol. The summed E-state index contributed by atoms with van der Waals surface area (Å²) >= 11 is 0. The van der Waals surface area contributed by atoms with E-state index in [1.54, 1.807) is 13.1 Å². The highest BCUT2D eigenvalue weighted by molar-refractivity contribution is 5.68. The quantitative estimate of drug-likeness (QED) is 0.373. The van der Waals surface area contributed by atoms with Gasteiger partial charge in [0.1, 0.15) is 0 Å². The Bertz CT molecular complexity index is 193. The summed E-state index contributed by atoms with van der Waals surface area (Å²) in [6, 6.07) is 0. The van der Waals surface area contributed by atoms with Gasteiger partial charge in [0, 0.05) is 6.21 Å². The van der Waals surface area contributed by atoms with Gasteiger partial charge in [-0.1, -0.05) is 39.0 Å². The SMILES string of the molecule is CCCCCCCC/C=N/NC(=O)OCC. The van der Waals surface area contributed by atoms with E-state index in [9.17, 15) is 4.79 Å². The molecule has 0 aliphatic rings. The maximum atomic E-state index is 10.8. The number of nitrogens with one attached hydrogen (secondary N) is 1. The molecular formula is C12H24N2O2. The largest absolute Gasteiger partial charge is 0.449 e. The minimum atomic E-state index is -0.485. The van der Waals surface area contributed by atoms with Crippen LogP contribution in [0.3, 0.4) is 0 Å². The van der Waals surface area contributed by atoms with Crippen molar-refractivity contribution in [3.05, 3.63) is 0 Å². The number of ether oxygens (including phenoxy) is 1. The minimum Gasteiger partial charge on any atom is -0.449 e. The van der Waals surface area contributed by atoms with Crippen molar-refractivity contribution in [3.63, 3.8) is 0 Å². The van der Waals surface area contributed by atoms with E-state index < -0.39 is 6.09 Å². The summed E-state index contributed by atoms with van der Waals surface area (Å²) in [5.74, 6) is 0. The van der Waals surface area contributed by atoms with Crippen LogP contribution < -0.4 is 5.43 Å². The number of rotatable bonds is 9. The summed E-state index contributed by atoms with van der Waals surface area (Å²) in [6.45, 7) is 4.35. The normalized spacial score (nSPS) is 10.6. The fourth-order valence-corrected chi connectivity index (χ4v) is 1.34. The van der Waals surface area contributed by atoms with E-state index in [2.05, 4.69) is 22.2 Å². The molecule has 0 aliphatic heterocycles. The number of nitrogens with zero attached hydrogens (tertiary/aromatic N) is 1. The zero-order valence-electron chi connectivity index (χ0n) is 10.5. The highest BCUT2D eigenvalue weighted by Crippen LogP contribution is 2.05. The number of amides is 1. The number of unbranched alkanes of at least 4 members (excludes halogenated alkanes) is 6. The van der Waals surface area contributed by atoms with E-state index in [4.69, 9.17) is 0 Å². The first kappa shape index (κ1) is 14.9. The van der Waals surface area contributed by atoms with E-state index in [-0.39, 0.29) is 0 Å². The lowest BCUT2D eigenvalue weighted by molar-refractivity contribution is 0.152. The second-order valence-corrected chi connectivity index (χ2v) is 3.70. The standard InChI is InChI=1S/C12H24N2O2/c1-3-5-6-7-8-9-10-11-13-14-12(15)16-4-2/h11H,3-10H2,1-2H3,(H,14,15)/b13-11+. The highest BCUT2D eigenvalue weighted by atomic mass is 16.5. The predicted octanol–water partition coefficient (Wildman–Crippen LogP) is 3.47. The molecule has 0 saturated heterocycles. The summed E-state index contributed by atoms with van der Waals surface area (Å²) in [7, 11) is 0. The van der Waals surface area contributed by atoms with Crippen LogP contribution in [-0.4, -0.2) is 18.9 Å². The lowest BCUT2D eigenvalue weighted by Crippen LogP contribution is -2.18. The molecule has 4 nitrogen and oxygen atoms in total. The molecule has 0 saturated carbocycles. The zero-order chi connectivity index (χ0) is 12.1. The van der Waals surface area contributed by atoms with Crippen molar-refractivity contribution in [2.45, 2.75) is 58.8 Å². The molecule has 0 aliphatic carbocycles. The van der Waals surface area contributed by atoms with Crippen molar-refractivity contribution in [3.8, 4) is 0 Å². The number of carbonyl (C=O) groups excluding carboxylic acids is 1. The van der Waals surface area contributed by atoms with Crippen LogP contribution >= 0.6 is 0 Å². The van der Waals surface area contributed by atoms with Gasteiger partial charge in [0.05, 0.1) is 6.61 Å². The molecule has 0 spiro atoms. The van der Waals surface area contributed by atoms with E-state index in [1.807, 2.05) is 0 Å². The van der Waals surface area contributed by atoms with Crippen LogP contribution in [-0.2, 0) is 4.74 Å². The van der Waals surface area contributed by atoms with Crippen LogP contribution in [0.5, 0.6) is 0 Å². The molecule has 4 heteroatoms. The summed E-state index contributed by atoms with van der Waals surface area (Å²) in [5.41, 5.74) is 2.30. The van der Waals surface area contributed by atoms with Crippen molar-refractivity contribution >= 4 is 12.3 Å². The maximum absolute atomic E-state index is 10.8. The molecule has 1 N–H and O–H groups in total. The Morgan fingerprint density at radius 2 is 1.88 bits per heavy atom. The van der Waals surface area contributed by atoms with Gasteiger partial charge < -0.3 is 4.74 Å². The highest BCUT2D eigenvalue weighted by Gasteiger charge is 1.94. The number of hydrazone groups is 1. The Morgan fingerprint density at radius 1 is 1.19 bits per heavy atom. The van der Waals surface area contributed by atoms with Crippen LogP contribution in [0.1, 0.15) is 58.8 Å². The van der Waals surface area contributed by atoms with Gasteiger partial charge in [-0.3, -0.25) is 0 Å². The summed E-state index contributed by atoms with van der Waals surface area (Å²) < 4.78 is 4.65. The molecular weight excluding hydrogens is 204 g/mol. The molecule has 0 radical (unpaired) electrons. The van der Waals surface area contributed by atoms with Gasteiger partial charge in [-0.2, -0.15) is 5.10 Å². The Labute approximate surface area is 98.4 Å². The number of carbonyl (C=O) groups is 1. The molecule has 16 heavy (non-hydrogen) atoms. The van der Waals surface area contributed by atoms with Gasteiger partial charge in [-0.25, -0.2) is 10.2 Å². The minimum absolute atomic E-state index is 0.374. The third-order valence-corrected chi connectivity index (χ3v) is 2.21. The average Bonchev–Trinajstić information content (AvgIpc) is 2.27. The first-order chi connectivity index (χ1) is 7.81. The van der Waals surface area contributed by atoms with Crippen LogP contribution in [0.25, 0.3) is 0 Å². The van der Waals surface area contributed by atoms with Crippen molar-refractivity contribution in [1.29, 1.82) is 0 Å². The van der Waals surface area contributed by atoms with Crippen LogP contribution in [0.2, 0.25) is 0 Å². The monoisotopic (exact) mass is 228 g/mol. The summed E-state index contributed by atoms with van der Waals surface area (Å²) in [6.07, 6.45) is 9.78. The van der Waals surface area contributed by atoms with Crippen molar-refractivity contribution in [1.82, 2.24) is 5.43 Å². The molecule has 0 rings (SSSR count). The van der Waals surface area contributed by atoms with Gasteiger partial charge in [-0.05, 0) is 19.8 Å². The fraction of sp³-hybridized carbons (Fsp3) is 0.833. The van der Waals surface area contributed by atoms with E-state index >= 15 is 0 Å². The van der Waals surface area contributed by atoms with Gasteiger partial charge in [0.2, 0.25) is 0 Å². The molecule has 0 bridgehead atoms. The van der Waals surface area contributed by atoms with Crippen molar-refractivity contribution in [2.24, 2.45) is 5.10 Å². The van der Waals surface area contributed by atoms with Crippen molar-refractivity contribution in [2.75, 3.05) is 6.61 Å². The molecule has 0 aromatic carbocycles. The van der Waals surface area contributed by atoms with E-state index in [0.29, 0.717) is 6.61 Å². The van der Waals surface area contributed by atoms with E-state index in [0.717, 1.165) is 12.8 Å². The third kappa shape index (κ3) is 11.0. The smallest absolute Gasteiger partial charge is 0.427 e. The van der Waals surface area contributed by atoms with Crippen LogP contribution in [0.15, 0.2) is 5.10 Å². The first-order valence-corrected chi connectivity index (χ1v) is 6.25. The maximum Gasteiger partial charge on any atom is 0.427 e. The molecule has 0 heterocycles. The van der Waals surface area contributed by atoms with Gasteiger partial charge >= 0.3 is 6.09 Å². The fourth-order valence-electron chi connectivity index (χ4n) is 1.34. The Hall–Kier alpha value is -1.06. The summed E-state index contributed by atoms with van der Waals surface area (Å²) in [5, 5.41) is 3.77. The third-order valence-electron chi connectivity index (χ3n) is 2.21. The molecule has 0 fully saturated rings. The van der Waals surface area contributed by atoms with Gasteiger partial charge in [0.15, 0.2) is 0 Å². The Kier molecular flexibility index (Phi) is 11.2. The molecule has 1 amide bonds. The second kappa shape index (κ2) is 12.0. The summed E-state index contributed by atoms with van der Waals surface area (Å²) in [4.78, 5) is 10.8. The lowest BCUT2D eigenvalue weighted by atomic mass is 10.1. The Balaban J connectivity index is 3.18. The topological polar surface area (TPSA) is 50.7 Å². The lowest BCUT2D eigenvalue weighted by Gasteiger charge is -1.99. The molecule has 0 aromatic rings. The molecule has 0 atom stereocenters. The number of hydrogen-bond donors (Lipinski definition) is 1. The predicted molar refractivity (Wildman–Crippen MR) is 66.6 cm³/mol. The van der Waals surface area contributed by atoms with E-state index in [1.165, 1.54) is 32.1 Å². The molecule has 0 aromatic heterocycles. The van der Waals surface area contributed by atoms with Gasteiger partial charge in [0.25, 0.3) is 0 Å². The van der Waals surface area contributed by atoms with Crippen LogP contribution in [0.4, 0.5) is 4.79 Å². The number of hydrogen-bond acceptors (Lipinski definition) is 3. The first-order valence-electron chi connectivity index (χ1n) is 6.25. The second-order valence-electron chi connectivity index (χ2n) is 3.70. The Morgan fingerprint density at radius 3 is 2.56 bits per heavy atom. The molecule has 94 valence electrons. The van der Waals surface area contributed by atoms with Crippen molar-refractivity contribution < 1.29 is 9.53 Å². The zero-order valence-corrected chi connectivity index (χ0v) is 10.5.